The summed E-state index contributed by atoms with van der Waals surface area (Å²) in [4.78, 5) is 18.6. The number of carbonyl (C=O) groups excluding carboxylic acids is 1. The summed E-state index contributed by atoms with van der Waals surface area (Å²) in [5.74, 6) is 0.111. The molecule has 1 aliphatic rings. The minimum absolute atomic E-state index is 0.111. The van der Waals surface area contributed by atoms with Crippen LogP contribution in [0.2, 0.25) is 0 Å². The van der Waals surface area contributed by atoms with Gasteiger partial charge in [0.2, 0.25) is 5.91 Å². The molecule has 0 spiro atoms. The molecule has 0 unspecified atom stereocenters. The fraction of sp³-hybridized carbons (Fsp3) is 0.632. The van der Waals surface area contributed by atoms with Gasteiger partial charge in [-0.2, -0.15) is 0 Å². The maximum atomic E-state index is 12.1. The molecule has 5 heteroatoms. The van der Waals surface area contributed by atoms with E-state index < -0.39 is 5.60 Å². The number of aliphatic hydroxyl groups is 1. The average Bonchev–Trinajstić information content (AvgIpc) is 2.54. The quantitative estimate of drug-likeness (QED) is 0.827. The van der Waals surface area contributed by atoms with Crippen molar-refractivity contribution in [2.75, 3.05) is 51.2 Å². The summed E-state index contributed by atoms with van der Waals surface area (Å²) < 4.78 is 0. The molecule has 1 aromatic rings. The first-order valence-corrected chi connectivity index (χ1v) is 8.84. The van der Waals surface area contributed by atoms with Crippen molar-refractivity contribution in [3.8, 4) is 0 Å². The Morgan fingerprint density at radius 1 is 1.17 bits per heavy atom. The maximum Gasteiger partial charge on any atom is 0.222 e. The van der Waals surface area contributed by atoms with Gasteiger partial charge in [-0.15, -0.1) is 0 Å². The zero-order valence-electron chi connectivity index (χ0n) is 15.2. The third-order valence-electron chi connectivity index (χ3n) is 4.41. The van der Waals surface area contributed by atoms with Gasteiger partial charge in [-0.05, 0) is 38.9 Å². The number of hydrogen-bond donors (Lipinski definition) is 1. The second kappa shape index (κ2) is 8.49. The maximum absolute atomic E-state index is 12.1. The van der Waals surface area contributed by atoms with Crippen molar-refractivity contribution >= 4 is 11.6 Å². The minimum atomic E-state index is -0.835. The molecule has 1 amide bonds. The van der Waals surface area contributed by atoms with Crippen LogP contribution in [-0.2, 0) is 4.79 Å². The molecule has 5 nitrogen and oxygen atoms in total. The van der Waals surface area contributed by atoms with Crippen LogP contribution in [0.5, 0.6) is 0 Å². The number of likely N-dealkylation sites (N-methyl/N-ethyl adjacent to an activating group) is 1. The Hall–Kier alpha value is -1.59. The van der Waals surface area contributed by atoms with Gasteiger partial charge in [0, 0.05) is 51.9 Å². The zero-order valence-corrected chi connectivity index (χ0v) is 15.2. The van der Waals surface area contributed by atoms with Gasteiger partial charge in [-0.25, -0.2) is 0 Å². The van der Waals surface area contributed by atoms with Crippen LogP contribution in [0, 0.1) is 0 Å². The summed E-state index contributed by atoms with van der Waals surface area (Å²) in [5.41, 5.74) is 0.457. The largest absolute Gasteiger partial charge is 0.389 e. The van der Waals surface area contributed by atoms with Crippen LogP contribution in [-0.4, -0.2) is 72.7 Å². The number of nitrogens with zero attached hydrogens (tertiary/aromatic N) is 3. The lowest BCUT2D eigenvalue weighted by molar-refractivity contribution is -0.132. The number of rotatable bonds is 7. The van der Waals surface area contributed by atoms with Crippen molar-refractivity contribution < 1.29 is 9.90 Å². The van der Waals surface area contributed by atoms with Gasteiger partial charge in [0.15, 0.2) is 0 Å². The van der Waals surface area contributed by atoms with E-state index in [-0.39, 0.29) is 5.91 Å². The van der Waals surface area contributed by atoms with E-state index in [4.69, 9.17) is 0 Å². The van der Waals surface area contributed by atoms with E-state index in [9.17, 15) is 9.90 Å². The molecular weight excluding hydrogens is 302 g/mol. The van der Waals surface area contributed by atoms with Gasteiger partial charge in [0.05, 0.1) is 5.60 Å². The SMILES string of the molecule is CN(CC(C)(C)O)C(=O)CCCN1CCN(c2ccccc2)CC1. The zero-order chi connectivity index (χ0) is 17.6. The summed E-state index contributed by atoms with van der Waals surface area (Å²) in [5, 5.41) is 9.78. The summed E-state index contributed by atoms with van der Waals surface area (Å²) in [6.07, 6.45) is 1.42. The van der Waals surface area contributed by atoms with E-state index in [2.05, 4.69) is 34.1 Å². The highest BCUT2D eigenvalue weighted by molar-refractivity contribution is 5.75. The number of benzene rings is 1. The van der Waals surface area contributed by atoms with Crippen molar-refractivity contribution in [1.29, 1.82) is 0 Å². The standard InChI is InChI=1S/C19H31N3O2/c1-19(2,24)16-20(3)18(23)10-7-11-21-12-14-22(15-13-21)17-8-5-4-6-9-17/h4-6,8-9,24H,7,10-16H2,1-3H3. The predicted molar refractivity (Wildman–Crippen MR) is 98.3 cm³/mol. The van der Waals surface area contributed by atoms with E-state index in [0.717, 1.165) is 39.1 Å². The van der Waals surface area contributed by atoms with Crippen molar-refractivity contribution in [3.63, 3.8) is 0 Å². The lowest BCUT2D eigenvalue weighted by Gasteiger charge is -2.36. The molecule has 24 heavy (non-hydrogen) atoms. The molecule has 1 saturated heterocycles. The Balaban J connectivity index is 1.65. The third kappa shape index (κ3) is 6.13. The lowest BCUT2D eigenvalue weighted by atomic mass is 10.1. The Morgan fingerprint density at radius 3 is 2.38 bits per heavy atom. The van der Waals surface area contributed by atoms with Gasteiger partial charge in [-0.3, -0.25) is 9.69 Å². The van der Waals surface area contributed by atoms with E-state index in [0.29, 0.717) is 13.0 Å². The predicted octanol–water partition coefficient (Wildman–Crippen LogP) is 1.82. The molecule has 1 aromatic carbocycles. The van der Waals surface area contributed by atoms with Crippen LogP contribution in [0.4, 0.5) is 5.69 Å². The van der Waals surface area contributed by atoms with Crippen LogP contribution in [0.15, 0.2) is 30.3 Å². The summed E-state index contributed by atoms with van der Waals surface area (Å²) >= 11 is 0. The summed E-state index contributed by atoms with van der Waals surface area (Å²) in [6, 6.07) is 10.5. The highest BCUT2D eigenvalue weighted by Gasteiger charge is 2.20. The molecule has 1 fully saturated rings. The van der Waals surface area contributed by atoms with Gasteiger partial charge in [0.25, 0.3) is 0 Å². The second-order valence-corrected chi connectivity index (χ2v) is 7.33. The third-order valence-corrected chi connectivity index (χ3v) is 4.41. The minimum Gasteiger partial charge on any atom is -0.389 e. The fourth-order valence-electron chi connectivity index (χ4n) is 3.18. The van der Waals surface area contributed by atoms with Crippen LogP contribution < -0.4 is 4.90 Å². The van der Waals surface area contributed by atoms with Gasteiger partial charge < -0.3 is 14.9 Å². The van der Waals surface area contributed by atoms with Crippen molar-refractivity contribution in [2.45, 2.75) is 32.3 Å². The molecule has 1 N–H and O–H groups in total. The van der Waals surface area contributed by atoms with Crippen LogP contribution in [0.25, 0.3) is 0 Å². The molecule has 0 aliphatic carbocycles. The molecule has 2 rings (SSSR count). The molecule has 0 atom stereocenters. The Kier molecular flexibility index (Phi) is 6.63. The van der Waals surface area contributed by atoms with Gasteiger partial charge >= 0.3 is 0 Å². The first-order chi connectivity index (χ1) is 11.3. The van der Waals surface area contributed by atoms with Crippen molar-refractivity contribution in [3.05, 3.63) is 30.3 Å². The molecular formula is C19H31N3O2. The van der Waals surface area contributed by atoms with E-state index in [1.165, 1.54) is 5.69 Å². The molecule has 0 saturated carbocycles. The first kappa shape index (κ1) is 18.7. The topological polar surface area (TPSA) is 47.0 Å². The lowest BCUT2D eigenvalue weighted by Crippen LogP contribution is -2.46. The number of anilines is 1. The first-order valence-electron chi connectivity index (χ1n) is 8.84. The van der Waals surface area contributed by atoms with Gasteiger partial charge in [0.1, 0.15) is 0 Å². The Labute approximate surface area is 145 Å². The number of para-hydroxylation sites is 1. The summed E-state index contributed by atoms with van der Waals surface area (Å²) in [6.45, 7) is 8.95. The van der Waals surface area contributed by atoms with Gasteiger partial charge in [-0.1, -0.05) is 18.2 Å². The normalized spacial score (nSPS) is 16.2. The van der Waals surface area contributed by atoms with E-state index in [1.807, 2.05) is 6.07 Å². The Bertz CT molecular complexity index is 505. The molecule has 0 aromatic heterocycles. The van der Waals surface area contributed by atoms with Crippen LogP contribution >= 0.6 is 0 Å². The number of hydrogen-bond acceptors (Lipinski definition) is 4. The van der Waals surface area contributed by atoms with E-state index in [1.54, 1.807) is 25.8 Å². The number of carbonyl (C=O) groups is 1. The van der Waals surface area contributed by atoms with Crippen LogP contribution in [0.3, 0.4) is 0 Å². The van der Waals surface area contributed by atoms with Crippen LogP contribution in [0.1, 0.15) is 26.7 Å². The average molecular weight is 333 g/mol. The Morgan fingerprint density at radius 2 is 1.79 bits per heavy atom. The monoisotopic (exact) mass is 333 g/mol. The molecule has 134 valence electrons. The van der Waals surface area contributed by atoms with Crippen molar-refractivity contribution in [2.24, 2.45) is 0 Å². The molecule has 0 bridgehead atoms. The highest BCUT2D eigenvalue weighted by Crippen LogP contribution is 2.15. The molecule has 1 heterocycles. The second-order valence-electron chi connectivity index (χ2n) is 7.33. The summed E-state index contributed by atoms with van der Waals surface area (Å²) in [7, 11) is 1.76. The molecule has 1 aliphatic heterocycles. The molecule has 0 radical (unpaired) electrons. The number of amides is 1. The highest BCUT2D eigenvalue weighted by atomic mass is 16.3. The van der Waals surface area contributed by atoms with E-state index >= 15 is 0 Å². The smallest absolute Gasteiger partial charge is 0.222 e. The van der Waals surface area contributed by atoms with Crippen molar-refractivity contribution in [1.82, 2.24) is 9.80 Å². The fourth-order valence-corrected chi connectivity index (χ4v) is 3.18. The number of piperazine rings is 1.